The lowest BCUT2D eigenvalue weighted by Gasteiger charge is -2.24. The van der Waals surface area contributed by atoms with E-state index in [1.54, 1.807) is 7.11 Å². The number of halogens is 1. The number of para-hydroxylation sites is 1. The Morgan fingerprint density at radius 2 is 2.00 bits per heavy atom. The van der Waals surface area contributed by atoms with Crippen molar-refractivity contribution in [2.24, 2.45) is 5.92 Å². The number of hydrogen-bond donors (Lipinski definition) is 3. The summed E-state index contributed by atoms with van der Waals surface area (Å²) in [6, 6.07) is 16.4. The van der Waals surface area contributed by atoms with Crippen molar-refractivity contribution in [3.05, 3.63) is 65.9 Å². The fourth-order valence-electron chi connectivity index (χ4n) is 4.05. The minimum absolute atomic E-state index is 0. The average Bonchev–Trinajstić information content (AvgIpc) is 3.19. The Kier molecular flexibility index (Phi) is 7.18. The molecule has 2 unspecified atom stereocenters. The lowest BCUT2D eigenvalue weighted by molar-refractivity contribution is -0.125. The minimum Gasteiger partial charge on any atom is -0.497 e. The van der Waals surface area contributed by atoms with Crippen LogP contribution in [0.2, 0.25) is 0 Å². The molecule has 3 N–H and O–H groups in total. The number of rotatable bonds is 6. The molecule has 154 valence electrons. The van der Waals surface area contributed by atoms with Gasteiger partial charge in [0, 0.05) is 36.1 Å². The van der Waals surface area contributed by atoms with Crippen molar-refractivity contribution in [3.8, 4) is 5.75 Å². The quantitative estimate of drug-likeness (QED) is 0.575. The number of hydrogen-bond acceptors (Lipinski definition) is 3. The summed E-state index contributed by atoms with van der Waals surface area (Å²) in [5.41, 5.74) is 3.47. The van der Waals surface area contributed by atoms with E-state index in [-0.39, 0.29) is 30.2 Å². The van der Waals surface area contributed by atoms with Crippen LogP contribution in [-0.4, -0.2) is 37.6 Å². The number of aromatic nitrogens is 1. The predicted molar refractivity (Wildman–Crippen MR) is 119 cm³/mol. The Bertz CT molecular complexity index is 933. The number of aromatic amines is 1. The molecule has 0 spiro atoms. The number of carbonyl (C=O) groups is 1. The van der Waals surface area contributed by atoms with Crippen molar-refractivity contribution >= 4 is 29.2 Å². The van der Waals surface area contributed by atoms with E-state index < -0.39 is 0 Å². The second-order valence-corrected chi connectivity index (χ2v) is 7.40. The first-order valence-corrected chi connectivity index (χ1v) is 9.94. The zero-order valence-electron chi connectivity index (χ0n) is 16.6. The molecule has 1 saturated heterocycles. The second kappa shape index (κ2) is 9.81. The summed E-state index contributed by atoms with van der Waals surface area (Å²) in [6.07, 6.45) is 4.08. The van der Waals surface area contributed by atoms with Crippen LogP contribution in [0.1, 0.15) is 29.9 Å². The number of H-pyrrole nitrogens is 1. The number of nitrogens with one attached hydrogen (secondary N) is 3. The van der Waals surface area contributed by atoms with Crippen LogP contribution >= 0.6 is 12.4 Å². The second-order valence-electron chi connectivity index (χ2n) is 7.40. The van der Waals surface area contributed by atoms with Crippen LogP contribution in [0.15, 0.2) is 54.7 Å². The molecule has 4 rings (SSSR count). The summed E-state index contributed by atoms with van der Waals surface area (Å²) in [7, 11) is 1.67. The molecular formula is C23H28ClN3O2. The third-order valence-corrected chi connectivity index (χ3v) is 5.66. The first-order valence-electron chi connectivity index (χ1n) is 9.94. The number of amides is 1. The zero-order chi connectivity index (χ0) is 19.3. The maximum Gasteiger partial charge on any atom is 0.224 e. The predicted octanol–water partition coefficient (Wildman–Crippen LogP) is 3.85. The molecule has 2 heterocycles. The minimum atomic E-state index is 0. The third kappa shape index (κ3) is 4.74. The van der Waals surface area contributed by atoms with Crippen LogP contribution < -0.4 is 15.4 Å². The molecule has 1 amide bonds. The molecule has 2 atom stereocenters. The Balaban J connectivity index is 0.00000240. The molecule has 0 radical (unpaired) electrons. The first-order chi connectivity index (χ1) is 13.8. The van der Waals surface area contributed by atoms with E-state index >= 15 is 0 Å². The van der Waals surface area contributed by atoms with E-state index in [9.17, 15) is 4.79 Å². The molecule has 0 bridgehead atoms. The lowest BCUT2D eigenvalue weighted by atomic mass is 9.90. The van der Waals surface area contributed by atoms with Crippen molar-refractivity contribution in [1.82, 2.24) is 15.6 Å². The summed E-state index contributed by atoms with van der Waals surface area (Å²) < 4.78 is 5.30. The van der Waals surface area contributed by atoms with Gasteiger partial charge in [-0.3, -0.25) is 4.79 Å². The molecule has 1 aromatic heterocycles. The van der Waals surface area contributed by atoms with Gasteiger partial charge in [-0.05, 0) is 48.7 Å². The molecule has 0 saturated carbocycles. The van der Waals surface area contributed by atoms with Gasteiger partial charge in [-0.1, -0.05) is 30.3 Å². The topological polar surface area (TPSA) is 66.2 Å². The smallest absolute Gasteiger partial charge is 0.224 e. The highest BCUT2D eigenvalue weighted by Gasteiger charge is 2.23. The number of piperidine rings is 1. The zero-order valence-corrected chi connectivity index (χ0v) is 17.4. The van der Waals surface area contributed by atoms with Gasteiger partial charge < -0.3 is 20.4 Å². The number of benzene rings is 2. The largest absolute Gasteiger partial charge is 0.497 e. The third-order valence-electron chi connectivity index (χ3n) is 5.66. The van der Waals surface area contributed by atoms with Gasteiger partial charge >= 0.3 is 0 Å². The Morgan fingerprint density at radius 3 is 2.72 bits per heavy atom. The molecule has 1 aliphatic rings. The highest BCUT2D eigenvalue weighted by atomic mass is 35.5. The highest BCUT2D eigenvalue weighted by Crippen LogP contribution is 2.31. The Morgan fingerprint density at radius 1 is 1.21 bits per heavy atom. The highest BCUT2D eigenvalue weighted by molar-refractivity contribution is 5.85. The fraction of sp³-hybridized carbons (Fsp3) is 0.348. The molecule has 1 fully saturated rings. The Labute approximate surface area is 177 Å². The van der Waals surface area contributed by atoms with E-state index in [4.69, 9.17) is 4.74 Å². The van der Waals surface area contributed by atoms with Crippen LogP contribution in [-0.2, 0) is 4.79 Å². The summed E-state index contributed by atoms with van der Waals surface area (Å²) in [5.74, 6) is 1.11. The molecular weight excluding hydrogens is 386 g/mol. The number of ether oxygens (including phenoxy) is 1. The normalized spacial score (nSPS) is 17.3. The van der Waals surface area contributed by atoms with Crippen molar-refractivity contribution < 1.29 is 9.53 Å². The van der Waals surface area contributed by atoms with Crippen LogP contribution in [0, 0.1) is 5.92 Å². The standard InChI is InChI=1S/C23H27N3O2.ClH/c1-28-18-10-8-16(9-11-18)20(14-26-23(27)17-5-4-12-24-13-17)21-15-25-22-7-3-2-6-19(21)22;/h2-3,6-11,15,17,20,24-25H,4-5,12-14H2,1H3,(H,26,27);1H. The van der Waals surface area contributed by atoms with E-state index in [1.165, 1.54) is 10.9 Å². The maximum absolute atomic E-state index is 12.7. The van der Waals surface area contributed by atoms with E-state index in [0.29, 0.717) is 6.54 Å². The molecule has 3 aromatic rings. The van der Waals surface area contributed by atoms with Crippen LogP contribution in [0.4, 0.5) is 0 Å². The molecule has 6 heteroatoms. The summed E-state index contributed by atoms with van der Waals surface area (Å²) in [5, 5.41) is 7.72. The number of carbonyl (C=O) groups excluding carboxylic acids is 1. The monoisotopic (exact) mass is 413 g/mol. The van der Waals surface area contributed by atoms with Crippen molar-refractivity contribution in [3.63, 3.8) is 0 Å². The van der Waals surface area contributed by atoms with Gasteiger partial charge in [0.1, 0.15) is 5.75 Å². The van der Waals surface area contributed by atoms with Crippen molar-refractivity contribution in [2.45, 2.75) is 18.8 Å². The SMILES string of the molecule is COc1ccc(C(CNC(=O)C2CCCNC2)c2c[nH]c3ccccc23)cc1.Cl. The molecule has 0 aliphatic carbocycles. The maximum atomic E-state index is 12.7. The molecule has 5 nitrogen and oxygen atoms in total. The van der Waals surface area contributed by atoms with Gasteiger partial charge in [0.15, 0.2) is 0 Å². The van der Waals surface area contributed by atoms with Gasteiger partial charge in [0.05, 0.1) is 13.0 Å². The Hall–Kier alpha value is -2.50. The van der Waals surface area contributed by atoms with E-state index in [2.05, 4.69) is 52.1 Å². The first kappa shape index (κ1) is 21.2. The van der Waals surface area contributed by atoms with Gasteiger partial charge in [-0.25, -0.2) is 0 Å². The van der Waals surface area contributed by atoms with Gasteiger partial charge in [0.2, 0.25) is 5.91 Å². The van der Waals surface area contributed by atoms with Crippen molar-refractivity contribution in [2.75, 3.05) is 26.7 Å². The fourth-order valence-corrected chi connectivity index (χ4v) is 4.05. The van der Waals surface area contributed by atoms with Crippen LogP contribution in [0.3, 0.4) is 0 Å². The summed E-state index contributed by atoms with van der Waals surface area (Å²) in [6.45, 7) is 2.35. The van der Waals surface area contributed by atoms with Gasteiger partial charge in [0.25, 0.3) is 0 Å². The molecule has 1 aliphatic heterocycles. The number of methoxy groups -OCH3 is 1. The molecule has 2 aromatic carbocycles. The van der Waals surface area contributed by atoms with Gasteiger partial charge in [-0.2, -0.15) is 0 Å². The average molecular weight is 414 g/mol. The van der Waals surface area contributed by atoms with E-state index in [0.717, 1.165) is 42.8 Å². The van der Waals surface area contributed by atoms with Crippen LogP contribution in [0.25, 0.3) is 10.9 Å². The van der Waals surface area contributed by atoms with Gasteiger partial charge in [-0.15, -0.1) is 12.4 Å². The summed E-state index contributed by atoms with van der Waals surface area (Å²) in [4.78, 5) is 16.1. The van der Waals surface area contributed by atoms with E-state index in [1.807, 2.05) is 18.2 Å². The molecule has 29 heavy (non-hydrogen) atoms. The summed E-state index contributed by atoms with van der Waals surface area (Å²) >= 11 is 0. The van der Waals surface area contributed by atoms with Crippen LogP contribution in [0.5, 0.6) is 5.75 Å². The van der Waals surface area contributed by atoms with Crippen molar-refractivity contribution in [1.29, 1.82) is 0 Å². The number of fused-ring (bicyclic) bond motifs is 1. The lowest BCUT2D eigenvalue weighted by Crippen LogP contribution is -2.41.